The van der Waals surface area contributed by atoms with E-state index in [2.05, 4.69) is 10.2 Å². The lowest BCUT2D eigenvalue weighted by Gasteiger charge is -1.97. The van der Waals surface area contributed by atoms with Crippen LogP contribution in [0.3, 0.4) is 0 Å². The van der Waals surface area contributed by atoms with Crippen LogP contribution < -0.4 is 0 Å². The molecule has 2 aromatic rings. The summed E-state index contributed by atoms with van der Waals surface area (Å²) in [4.78, 5) is 0. The summed E-state index contributed by atoms with van der Waals surface area (Å²) >= 11 is 6.77. The monoisotopic (exact) mass is 260 g/mol. The van der Waals surface area contributed by atoms with Gasteiger partial charge < -0.3 is 0 Å². The summed E-state index contributed by atoms with van der Waals surface area (Å²) in [6.45, 7) is 0. The van der Waals surface area contributed by atoms with E-state index in [1.54, 1.807) is 0 Å². The molecule has 6 heteroatoms. The van der Waals surface area contributed by atoms with Crippen molar-refractivity contribution in [2.75, 3.05) is 5.88 Å². The highest BCUT2D eigenvalue weighted by atomic mass is 35.5. The standard InChI is InChI=1S/C10H7ClF2N2S/c11-4-3-9-14-15-10(16-9)7-5-6(12)1-2-8(7)13/h1-2,5H,3-4H2. The maximum atomic E-state index is 13.4. The smallest absolute Gasteiger partial charge is 0.150 e. The maximum absolute atomic E-state index is 13.4. The van der Waals surface area contributed by atoms with Crippen LogP contribution in [0.1, 0.15) is 5.01 Å². The molecule has 0 aliphatic heterocycles. The van der Waals surface area contributed by atoms with Gasteiger partial charge in [-0.3, -0.25) is 0 Å². The Hall–Kier alpha value is -1.07. The highest BCUT2D eigenvalue weighted by Crippen LogP contribution is 2.26. The minimum Gasteiger partial charge on any atom is -0.207 e. The number of hydrogen-bond donors (Lipinski definition) is 0. The van der Waals surface area contributed by atoms with E-state index in [1.807, 2.05) is 0 Å². The number of nitrogens with zero attached hydrogens (tertiary/aromatic N) is 2. The van der Waals surface area contributed by atoms with Crippen molar-refractivity contribution in [2.24, 2.45) is 0 Å². The minimum absolute atomic E-state index is 0.137. The Morgan fingerprint density at radius 2 is 2.06 bits per heavy atom. The van der Waals surface area contributed by atoms with Crippen molar-refractivity contribution >= 4 is 22.9 Å². The lowest BCUT2D eigenvalue weighted by molar-refractivity contribution is 0.603. The second kappa shape index (κ2) is 4.84. The molecule has 0 unspecified atom stereocenters. The molecule has 0 atom stereocenters. The van der Waals surface area contributed by atoms with Gasteiger partial charge in [0.05, 0.1) is 5.56 Å². The number of benzene rings is 1. The zero-order valence-corrected chi connectivity index (χ0v) is 9.66. The third-order valence-electron chi connectivity index (χ3n) is 1.93. The minimum atomic E-state index is -0.505. The molecule has 0 aliphatic rings. The molecule has 16 heavy (non-hydrogen) atoms. The van der Waals surface area contributed by atoms with Crippen LogP contribution in [0.5, 0.6) is 0 Å². The lowest BCUT2D eigenvalue weighted by Crippen LogP contribution is -1.85. The van der Waals surface area contributed by atoms with Crippen LogP contribution >= 0.6 is 22.9 Å². The van der Waals surface area contributed by atoms with E-state index in [-0.39, 0.29) is 5.56 Å². The fraction of sp³-hybridized carbons (Fsp3) is 0.200. The van der Waals surface area contributed by atoms with Crippen LogP contribution in [-0.2, 0) is 6.42 Å². The second-order valence-electron chi connectivity index (χ2n) is 3.06. The molecule has 2 nitrogen and oxygen atoms in total. The molecule has 0 amide bonds. The van der Waals surface area contributed by atoms with E-state index >= 15 is 0 Å². The summed E-state index contributed by atoms with van der Waals surface area (Å²) in [5.41, 5.74) is 0.137. The lowest BCUT2D eigenvalue weighted by atomic mass is 10.2. The van der Waals surface area contributed by atoms with Crippen molar-refractivity contribution in [3.63, 3.8) is 0 Å². The number of alkyl halides is 1. The Bertz CT molecular complexity index is 501. The van der Waals surface area contributed by atoms with Crippen molar-refractivity contribution in [3.05, 3.63) is 34.8 Å². The van der Waals surface area contributed by atoms with E-state index in [9.17, 15) is 8.78 Å². The number of halogens is 3. The number of aromatic nitrogens is 2. The van der Waals surface area contributed by atoms with Crippen molar-refractivity contribution in [1.82, 2.24) is 10.2 Å². The molecule has 84 valence electrons. The average molecular weight is 261 g/mol. The Morgan fingerprint density at radius 1 is 1.25 bits per heavy atom. The molecule has 1 heterocycles. The first-order chi connectivity index (χ1) is 7.70. The van der Waals surface area contributed by atoms with Crippen LogP contribution in [0.2, 0.25) is 0 Å². The van der Waals surface area contributed by atoms with Crippen LogP contribution in [0.15, 0.2) is 18.2 Å². The van der Waals surface area contributed by atoms with E-state index in [0.717, 1.165) is 18.2 Å². The number of aryl methyl sites for hydroxylation is 1. The zero-order valence-electron chi connectivity index (χ0n) is 8.08. The van der Waals surface area contributed by atoms with Crippen molar-refractivity contribution < 1.29 is 8.78 Å². The predicted molar refractivity (Wildman–Crippen MR) is 59.7 cm³/mol. The first kappa shape index (κ1) is 11.4. The molecule has 1 aromatic heterocycles. The van der Waals surface area contributed by atoms with Crippen molar-refractivity contribution in [3.8, 4) is 10.6 Å². The molecule has 0 saturated heterocycles. The summed E-state index contributed by atoms with van der Waals surface area (Å²) < 4.78 is 26.4. The van der Waals surface area contributed by atoms with Gasteiger partial charge in [-0.2, -0.15) is 0 Å². The van der Waals surface area contributed by atoms with E-state index in [4.69, 9.17) is 11.6 Å². The van der Waals surface area contributed by atoms with Gasteiger partial charge in [-0.05, 0) is 18.2 Å². The molecule has 0 N–H and O–H groups in total. The van der Waals surface area contributed by atoms with Gasteiger partial charge in [0.25, 0.3) is 0 Å². The Balaban J connectivity index is 2.38. The van der Waals surface area contributed by atoms with Crippen molar-refractivity contribution in [2.45, 2.75) is 6.42 Å². The van der Waals surface area contributed by atoms with Gasteiger partial charge in [0, 0.05) is 12.3 Å². The molecule has 0 spiro atoms. The van der Waals surface area contributed by atoms with Gasteiger partial charge in [-0.1, -0.05) is 11.3 Å². The molecule has 0 aliphatic carbocycles. The number of rotatable bonds is 3. The van der Waals surface area contributed by atoms with Crippen LogP contribution in [-0.4, -0.2) is 16.1 Å². The normalized spacial score (nSPS) is 10.7. The average Bonchev–Trinajstić information content (AvgIpc) is 2.71. The highest BCUT2D eigenvalue weighted by Gasteiger charge is 2.11. The Labute approximate surface area is 99.9 Å². The van der Waals surface area contributed by atoms with Crippen LogP contribution in [0.25, 0.3) is 10.6 Å². The molecule has 2 rings (SSSR count). The topological polar surface area (TPSA) is 25.8 Å². The van der Waals surface area contributed by atoms with Gasteiger partial charge in [0.1, 0.15) is 16.6 Å². The molecule has 0 bridgehead atoms. The molecule has 0 saturated carbocycles. The van der Waals surface area contributed by atoms with E-state index < -0.39 is 11.6 Å². The largest absolute Gasteiger partial charge is 0.207 e. The van der Waals surface area contributed by atoms with Gasteiger partial charge in [0.2, 0.25) is 0 Å². The predicted octanol–water partition coefficient (Wildman–Crippen LogP) is 3.26. The zero-order chi connectivity index (χ0) is 11.5. The first-order valence-electron chi connectivity index (χ1n) is 4.54. The Morgan fingerprint density at radius 3 is 2.81 bits per heavy atom. The summed E-state index contributed by atoms with van der Waals surface area (Å²) in [7, 11) is 0. The summed E-state index contributed by atoms with van der Waals surface area (Å²) in [6.07, 6.45) is 0.580. The fourth-order valence-corrected chi connectivity index (χ4v) is 2.35. The summed E-state index contributed by atoms with van der Waals surface area (Å²) in [5, 5.41) is 8.75. The first-order valence-corrected chi connectivity index (χ1v) is 5.89. The van der Waals surface area contributed by atoms with E-state index in [1.165, 1.54) is 11.3 Å². The second-order valence-corrected chi connectivity index (χ2v) is 4.50. The Kier molecular flexibility index (Phi) is 3.46. The van der Waals surface area contributed by atoms with Gasteiger partial charge in [-0.15, -0.1) is 21.8 Å². The third kappa shape index (κ3) is 2.36. The molecular weight excluding hydrogens is 254 g/mol. The van der Waals surface area contributed by atoms with Crippen molar-refractivity contribution in [1.29, 1.82) is 0 Å². The van der Waals surface area contributed by atoms with Gasteiger partial charge in [0.15, 0.2) is 5.01 Å². The van der Waals surface area contributed by atoms with Gasteiger partial charge in [-0.25, -0.2) is 8.78 Å². The third-order valence-corrected chi connectivity index (χ3v) is 3.14. The molecular formula is C10H7ClF2N2S. The van der Waals surface area contributed by atoms with E-state index in [0.29, 0.717) is 22.3 Å². The molecule has 1 aromatic carbocycles. The summed E-state index contributed by atoms with van der Waals surface area (Å²) in [5.74, 6) is -0.569. The number of hydrogen-bond acceptors (Lipinski definition) is 3. The van der Waals surface area contributed by atoms with Gasteiger partial charge >= 0.3 is 0 Å². The quantitative estimate of drug-likeness (QED) is 0.792. The van der Waals surface area contributed by atoms with Crippen LogP contribution in [0.4, 0.5) is 8.78 Å². The SMILES string of the molecule is Fc1ccc(F)c(-c2nnc(CCCl)s2)c1. The highest BCUT2D eigenvalue weighted by molar-refractivity contribution is 7.14. The van der Waals surface area contributed by atoms with Crippen LogP contribution in [0, 0.1) is 11.6 Å². The summed E-state index contributed by atoms with van der Waals surface area (Å²) in [6, 6.07) is 3.26. The molecule has 0 fully saturated rings. The fourth-order valence-electron chi connectivity index (χ4n) is 1.21. The molecule has 0 radical (unpaired) electrons. The maximum Gasteiger partial charge on any atom is 0.150 e.